The zero-order chi connectivity index (χ0) is 18.8. The third-order valence-electron chi connectivity index (χ3n) is 4.83. The highest BCUT2D eigenvalue weighted by Gasteiger charge is 2.40. The van der Waals surface area contributed by atoms with Crippen LogP contribution < -0.4 is 20.1 Å². The lowest BCUT2D eigenvalue weighted by Gasteiger charge is -2.34. The van der Waals surface area contributed by atoms with E-state index < -0.39 is 15.6 Å². The average Bonchev–Trinajstić information content (AvgIpc) is 3.45. The minimum absolute atomic E-state index is 0.0153. The van der Waals surface area contributed by atoms with Gasteiger partial charge in [-0.15, -0.1) is 0 Å². The van der Waals surface area contributed by atoms with Crippen molar-refractivity contribution < 1.29 is 22.7 Å². The third kappa shape index (κ3) is 4.01. The van der Waals surface area contributed by atoms with Gasteiger partial charge in [-0.1, -0.05) is 0 Å². The Balaban J connectivity index is 1.84. The molecule has 8 nitrogen and oxygen atoms in total. The van der Waals surface area contributed by atoms with Gasteiger partial charge in [-0.2, -0.15) is 0 Å². The number of carbonyl (C=O) groups is 1. The first-order chi connectivity index (χ1) is 12.4. The highest BCUT2D eigenvalue weighted by molar-refractivity contribution is 7.89. The molecule has 0 bridgehead atoms. The van der Waals surface area contributed by atoms with Crippen molar-refractivity contribution in [3.8, 4) is 5.75 Å². The summed E-state index contributed by atoms with van der Waals surface area (Å²) in [4.78, 5) is 12.8. The Labute approximate surface area is 153 Å². The molecular formula is C17H25N3O5S. The molecule has 0 aromatic heterocycles. The zero-order valence-electron chi connectivity index (χ0n) is 15.0. The van der Waals surface area contributed by atoms with Gasteiger partial charge in [0.05, 0.1) is 7.11 Å². The van der Waals surface area contributed by atoms with Crippen LogP contribution in [0.4, 0.5) is 5.69 Å². The lowest BCUT2D eigenvalue weighted by molar-refractivity contribution is -0.140. The molecule has 1 aliphatic heterocycles. The Hall–Kier alpha value is -1.68. The topological polar surface area (TPSA) is 106 Å². The summed E-state index contributed by atoms with van der Waals surface area (Å²) in [6.45, 7) is 1.38. The van der Waals surface area contributed by atoms with Gasteiger partial charge in [0.2, 0.25) is 10.0 Å². The molecule has 0 radical (unpaired) electrons. The SMILES string of the molecule is COc1ccc(NC(=O)C2(OC)CCNCC2)cc1S(=O)(=O)NC1CC1. The van der Waals surface area contributed by atoms with Crippen molar-refractivity contribution in [2.24, 2.45) is 0 Å². The number of carbonyl (C=O) groups excluding carboxylic acids is 1. The first-order valence-corrected chi connectivity index (χ1v) is 10.2. The number of ether oxygens (including phenoxy) is 2. The van der Waals surface area contributed by atoms with Crippen molar-refractivity contribution in [1.82, 2.24) is 10.0 Å². The number of piperidine rings is 1. The predicted octanol–water partition coefficient (Wildman–Crippen LogP) is 0.843. The van der Waals surface area contributed by atoms with Gasteiger partial charge in [0.1, 0.15) is 16.2 Å². The molecule has 26 heavy (non-hydrogen) atoms. The van der Waals surface area contributed by atoms with E-state index in [4.69, 9.17) is 9.47 Å². The maximum absolute atomic E-state index is 12.8. The van der Waals surface area contributed by atoms with E-state index in [2.05, 4.69) is 15.4 Å². The molecule has 1 aliphatic carbocycles. The number of rotatable bonds is 7. The number of methoxy groups -OCH3 is 2. The molecule has 1 saturated carbocycles. The van der Waals surface area contributed by atoms with E-state index in [0.29, 0.717) is 31.6 Å². The maximum Gasteiger partial charge on any atom is 0.256 e. The van der Waals surface area contributed by atoms with Gasteiger partial charge in [0.15, 0.2) is 0 Å². The van der Waals surface area contributed by atoms with Crippen molar-refractivity contribution >= 4 is 21.6 Å². The number of benzene rings is 1. The second-order valence-corrected chi connectivity index (χ2v) is 8.35. The standard InChI is InChI=1S/C17H25N3O5S/c1-24-14-6-5-13(11-15(14)26(22,23)20-12-3-4-12)19-16(21)17(25-2)7-9-18-10-8-17/h5-6,11-12,18,20H,3-4,7-10H2,1-2H3,(H,19,21). The first-order valence-electron chi connectivity index (χ1n) is 8.68. The molecule has 144 valence electrons. The van der Waals surface area contributed by atoms with E-state index in [1.54, 1.807) is 12.1 Å². The number of nitrogens with one attached hydrogen (secondary N) is 3. The fraction of sp³-hybridized carbons (Fsp3) is 0.588. The van der Waals surface area contributed by atoms with Gasteiger partial charge in [-0.25, -0.2) is 13.1 Å². The second kappa shape index (κ2) is 7.51. The average molecular weight is 383 g/mol. The quantitative estimate of drug-likeness (QED) is 0.644. The summed E-state index contributed by atoms with van der Waals surface area (Å²) in [6.07, 6.45) is 2.78. The van der Waals surface area contributed by atoms with Gasteiger partial charge in [0, 0.05) is 18.8 Å². The number of amides is 1. The van der Waals surface area contributed by atoms with Gasteiger partial charge in [0.25, 0.3) is 5.91 Å². The molecule has 3 N–H and O–H groups in total. The smallest absolute Gasteiger partial charge is 0.256 e. The fourth-order valence-electron chi connectivity index (χ4n) is 3.05. The van der Waals surface area contributed by atoms with Crippen molar-refractivity contribution in [2.45, 2.75) is 42.2 Å². The first kappa shape index (κ1) is 19.1. The van der Waals surface area contributed by atoms with Gasteiger partial charge in [-0.3, -0.25) is 4.79 Å². The van der Waals surface area contributed by atoms with E-state index in [0.717, 1.165) is 12.8 Å². The largest absolute Gasteiger partial charge is 0.495 e. The van der Waals surface area contributed by atoms with Crippen LogP contribution in [0.1, 0.15) is 25.7 Å². The Morgan fingerprint density at radius 2 is 1.92 bits per heavy atom. The van der Waals surface area contributed by atoms with Crippen LogP contribution in [-0.2, 0) is 19.6 Å². The molecule has 1 saturated heterocycles. The van der Waals surface area contributed by atoms with E-state index in [1.807, 2.05) is 0 Å². The Bertz CT molecular complexity index is 771. The van der Waals surface area contributed by atoms with Crippen LogP contribution in [0.5, 0.6) is 5.75 Å². The fourth-order valence-corrected chi connectivity index (χ4v) is 4.55. The Kier molecular flexibility index (Phi) is 5.52. The molecule has 2 aliphatic rings. The van der Waals surface area contributed by atoms with Crippen LogP contribution in [0.15, 0.2) is 23.1 Å². The van der Waals surface area contributed by atoms with E-state index in [-0.39, 0.29) is 22.6 Å². The molecule has 9 heteroatoms. The van der Waals surface area contributed by atoms with Gasteiger partial charge in [-0.05, 0) is 57.0 Å². The summed E-state index contributed by atoms with van der Waals surface area (Å²) >= 11 is 0. The molecule has 0 atom stereocenters. The minimum Gasteiger partial charge on any atom is -0.495 e. The molecule has 1 aromatic rings. The van der Waals surface area contributed by atoms with Crippen LogP contribution in [0.3, 0.4) is 0 Å². The summed E-state index contributed by atoms with van der Waals surface area (Å²) in [7, 11) is -0.774. The van der Waals surface area contributed by atoms with Crippen LogP contribution in [0.25, 0.3) is 0 Å². The van der Waals surface area contributed by atoms with Crippen molar-refractivity contribution in [3.63, 3.8) is 0 Å². The highest BCUT2D eigenvalue weighted by atomic mass is 32.2. The summed E-state index contributed by atoms with van der Waals surface area (Å²) in [5, 5.41) is 5.99. The van der Waals surface area contributed by atoms with E-state index in [9.17, 15) is 13.2 Å². The summed E-state index contributed by atoms with van der Waals surface area (Å²) < 4.78 is 38.5. The van der Waals surface area contributed by atoms with Crippen molar-refractivity contribution in [3.05, 3.63) is 18.2 Å². The summed E-state index contributed by atoms with van der Waals surface area (Å²) in [5.74, 6) is -0.0374. The number of hydrogen-bond donors (Lipinski definition) is 3. The van der Waals surface area contributed by atoms with Gasteiger partial charge < -0.3 is 20.1 Å². The summed E-state index contributed by atoms with van der Waals surface area (Å²) in [6, 6.07) is 4.57. The normalized spacial score (nSPS) is 19.8. The monoisotopic (exact) mass is 383 g/mol. The molecule has 1 heterocycles. The van der Waals surface area contributed by atoms with Gasteiger partial charge >= 0.3 is 0 Å². The van der Waals surface area contributed by atoms with E-state index in [1.165, 1.54) is 20.3 Å². The number of sulfonamides is 1. The highest BCUT2D eigenvalue weighted by Crippen LogP contribution is 2.31. The lowest BCUT2D eigenvalue weighted by Crippen LogP contribution is -2.51. The molecule has 0 unspecified atom stereocenters. The lowest BCUT2D eigenvalue weighted by atomic mass is 9.91. The Morgan fingerprint density at radius 3 is 2.50 bits per heavy atom. The summed E-state index contributed by atoms with van der Waals surface area (Å²) in [5.41, 5.74) is -0.516. The Morgan fingerprint density at radius 1 is 1.23 bits per heavy atom. The van der Waals surface area contributed by atoms with Crippen LogP contribution >= 0.6 is 0 Å². The molecule has 1 aromatic carbocycles. The minimum atomic E-state index is -3.71. The third-order valence-corrected chi connectivity index (χ3v) is 6.37. The van der Waals surface area contributed by atoms with Crippen LogP contribution in [0.2, 0.25) is 0 Å². The van der Waals surface area contributed by atoms with E-state index >= 15 is 0 Å². The zero-order valence-corrected chi connectivity index (χ0v) is 15.8. The van der Waals surface area contributed by atoms with Crippen LogP contribution in [-0.4, -0.2) is 53.3 Å². The van der Waals surface area contributed by atoms with Crippen molar-refractivity contribution in [2.75, 3.05) is 32.6 Å². The maximum atomic E-state index is 12.8. The number of anilines is 1. The molecule has 2 fully saturated rings. The molecule has 0 spiro atoms. The molecule has 1 amide bonds. The molecule has 3 rings (SSSR count). The number of hydrogen-bond acceptors (Lipinski definition) is 6. The molecular weight excluding hydrogens is 358 g/mol. The van der Waals surface area contributed by atoms with Crippen LogP contribution in [0, 0.1) is 0 Å². The van der Waals surface area contributed by atoms with Crippen molar-refractivity contribution in [1.29, 1.82) is 0 Å². The predicted molar refractivity (Wildman–Crippen MR) is 96.8 cm³/mol. The second-order valence-electron chi connectivity index (χ2n) is 6.66.